The molecule has 1 saturated carbocycles. The first-order valence-electron chi connectivity index (χ1n) is 7.39. The highest BCUT2D eigenvalue weighted by Crippen LogP contribution is 2.23. The summed E-state index contributed by atoms with van der Waals surface area (Å²) < 4.78 is 31.7. The fourth-order valence-corrected chi connectivity index (χ4v) is 2.34. The normalized spacial score (nSPS) is 22.6. The van der Waals surface area contributed by atoms with E-state index in [1.807, 2.05) is 0 Å². The third-order valence-corrected chi connectivity index (χ3v) is 3.62. The molecule has 4 N–H and O–H groups in total. The summed E-state index contributed by atoms with van der Waals surface area (Å²) in [7, 11) is 0. The van der Waals surface area contributed by atoms with Crippen LogP contribution < -0.4 is 11.1 Å². The lowest BCUT2D eigenvalue weighted by Crippen LogP contribution is -2.39. The van der Waals surface area contributed by atoms with Crippen LogP contribution >= 0.6 is 0 Å². The molecule has 2 aliphatic rings. The molecule has 3 amide bonds. The van der Waals surface area contributed by atoms with Crippen LogP contribution in [-0.2, 0) is 19.2 Å². The molecular weight excluding hydrogens is 347 g/mol. The summed E-state index contributed by atoms with van der Waals surface area (Å²) in [6.45, 7) is 0.513. The number of hydrogen-bond donors (Lipinski definition) is 3. The molecule has 0 saturated heterocycles. The Labute approximate surface area is 140 Å². The molecular formula is C14H18F3N3O5. The van der Waals surface area contributed by atoms with Gasteiger partial charge in [0.05, 0.1) is 0 Å². The minimum atomic E-state index is -5.08. The summed E-state index contributed by atoms with van der Waals surface area (Å²) in [6, 6.07) is 0.117. The second-order valence-electron chi connectivity index (χ2n) is 5.53. The van der Waals surface area contributed by atoms with Crippen LogP contribution in [0.2, 0.25) is 0 Å². The molecule has 8 nitrogen and oxygen atoms in total. The van der Waals surface area contributed by atoms with Gasteiger partial charge in [0.2, 0.25) is 5.91 Å². The SMILES string of the molecule is N[C@@H]1CC[C@@H](C(=O)NCCN2C(=O)C=CC2=O)C1.O=C(O)C(F)(F)F. The molecule has 1 fully saturated rings. The number of nitrogens with zero attached hydrogens (tertiary/aromatic N) is 1. The van der Waals surface area contributed by atoms with Gasteiger partial charge in [0.15, 0.2) is 0 Å². The van der Waals surface area contributed by atoms with Crippen molar-refractivity contribution < 1.29 is 37.5 Å². The van der Waals surface area contributed by atoms with Crippen molar-refractivity contribution in [2.75, 3.05) is 13.1 Å². The summed E-state index contributed by atoms with van der Waals surface area (Å²) in [5.74, 6) is -3.46. The molecule has 0 bridgehead atoms. The Morgan fingerprint density at radius 1 is 1.24 bits per heavy atom. The number of aliphatic carboxylic acids is 1. The maximum absolute atomic E-state index is 11.8. The van der Waals surface area contributed by atoms with Crippen LogP contribution in [0.25, 0.3) is 0 Å². The predicted molar refractivity (Wildman–Crippen MR) is 77.9 cm³/mol. The first-order valence-corrected chi connectivity index (χ1v) is 7.39. The third kappa shape index (κ3) is 6.53. The smallest absolute Gasteiger partial charge is 0.475 e. The zero-order chi connectivity index (χ0) is 19.2. The van der Waals surface area contributed by atoms with Gasteiger partial charge in [-0.2, -0.15) is 13.2 Å². The number of hydrogen-bond acceptors (Lipinski definition) is 5. The first kappa shape index (κ1) is 20.6. The lowest BCUT2D eigenvalue weighted by molar-refractivity contribution is -0.192. The van der Waals surface area contributed by atoms with Gasteiger partial charge in [0, 0.05) is 37.2 Å². The Balaban J connectivity index is 0.000000381. The van der Waals surface area contributed by atoms with Gasteiger partial charge in [-0.15, -0.1) is 0 Å². The zero-order valence-electron chi connectivity index (χ0n) is 13.1. The Morgan fingerprint density at radius 2 is 1.76 bits per heavy atom. The van der Waals surface area contributed by atoms with Crippen molar-refractivity contribution in [3.63, 3.8) is 0 Å². The van der Waals surface area contributed by atoms with Crippen molar-refractivity contribution in [2.45, 2.75) is 31.5 Å². The van der Waals surface area contributed by atoms with E-state index in [0.717, 1.165) is 24.2 Å². The fraction of sp³-hybridized carbons (Fsp3) is 0.571. The van der Waals surface area contributed by atoms with Gasteiger partial charge in [0.25, 0.3) is 11.8 Å². The molecule has 0 unspecified atom stereocenters. The molecule has 2 rings (SSSR count). The van der Waals surface area contributed by atoms with Crippen molar-refractivity contribution in [1.82, 2.24) is 10.2 Å². The summed E-state index contributed by atoms with van der Waals surface area (Å²) in [4.78, 5) is 44.3. The number of alkyl halides is 3. The van der Waals surface area contributed by atoms with Crippen LogP contribution in [0.3, 0.4) is 0 Å². The molecule has 140 valence electrons. The summed E-state index contributed by atoms with van der Waals surface area (Å²) in [5.41, 5.74) is 5.74. The van der Waals surface area contributed by atoms with Crippen LogP contribution in [0.5, 0.6) is 0 Å². The number of carbonyl (C=O) groups excluding carboxylic acids is 3. The molecule has 0 aromatic heterocycles. The minimum absolute atomic E-state index is 0.0249. The first-order chi connectivity index (χ1) is 11.5. The van der Waals surface area contributed by atoms with Crippen LogP contribution in [0.4, 0.5) is 13.2 Å². The fourth-order valence-electron chi connectivity index (χ4n) is 2.34. The van der Waals surface area contributed by atoms with Gasteiger partial charge >= 0.3 is 12.1 Å². The molecule has 0 spiro atoms. The molecule has 0 radical (unpaired) electrons. The van der Waals surface area contributed by atoms with Crippen molar-refractivity contribution in [2.24, 2.45) is 11.7 Å². The summed E-state index contributed by atoms with van der Waals surface area (Å²) in [5, 5.41) is 9.87. The largest absolute Gasteiger partial charge is 0.490 e. The standard InChI is InChI=1S/C12H17N3O3.C2HF3O2/c13-9-2-1-8(7-9)12(18)14-5-6-15-10(16)3-4-11(15)17;3-2(4,5)1(6)7/h3-4,8-9H,1-2,5-7,13H2,(H,14,18);(H,6,7)/t8-,9-;/m1./s1. The lowest BCUT2D eigenvalue weighted by Gasteiger charge is -2.15. The molecule has 0 aromatic carbocycles. The van der Waals surface area contributed by atoms with Crippen LogP contribution in [0, 0.1) is 5.92 Å². The lowest BCUT2D eigenvalue weighted by atomic mass is 10.1. The number of nitrogens with one attached hydrogen (secondary N) is 1. The molecule has 11 heteroatoms. The maximum atomic E-state index is 11.8. The summed E-state index contributed by atoms with van der Waals surface area (Å²) >= 11 is 0. The Morgan fingerprint density at radius 3 is 2.16 bits per heavy atom. The molecule has 0 aromatic rings. The second kappa shape index (κ2) is 8.60. The molecule has 2 atom stereocenters. The third-order valence-electron chi connectivity index (χ3n) is 3.62. The van der Waals surface area contributed by atoms with E-state index in [4.69, 9.17) is 15.6 Å². The Hall–Kier alpha value is -2.43. The van der Waals surface area contributed by atoms with Gasteiger partial charge in [-0.25, -0.2) is 4.79 Å². The highest BCUT2D eigenvalue weighted by atomic mass is 19.4. The predicted octanol–water partition coefficient (Wildman–Crippen LogP) is -0.212. The van der Waals surface area contributed by atoms with Crippen LogP contribution in [0.15, 0.2) is 12.2 Å². The van der Waals surface area contributed by atoms with E-state index in [-0.39, 0.29) is 36.2 Å². The van der Waals surface area contributed by atoms with E-state index in [2.05, 4.69) is 5.32 Å². The van der Waals surface area contributed by atoms with Crippen molar-refractivity contribution in [3.8, 4) is 0 Å². The van der Waals surface area contributed by atoms with Gasteiger partial charge < -0.3 is 16.2 Å². The van der Waals surface area contributed by atoms with Gasteiger partial charge in [-0.3, -0.25) is 19.3 Å². The van der Waals surface area contributed by atoms with E-state index >= 15 is 0 Å². The maximum Gasteiger partial charge on any atom is 0.490 e. The Kier molecular flexibility index (Phi) is 7.09. The van der Waals surface area contributed by atoms with Crippen LogP contribution in [0.1, 0.15) is 19.3 Å². The van der Waals surface area contributed by atoms with Crippen molar-refractivity contribution in [3.05, 3.63) is 12.2 Å². The quantitative estimate of drug-likeness (QED) is 0.591. The van der Waals surface area contributed by atoms with E-state index < -0.39 is 12.1 Å². The summed E-state index contributed by atoms with van der Waals surface area (Å²) in [6.07, 6.45) is -0.198. The topological polar surface area (TPSA) is 130 Å². The number of carbonyl (C=O) groups is 4. The minimum Gasteiger partial charge on any atom is -0.475 e. The number of halogens is 3. The number of rotatable bonds is 4. The molecule has 25 heavy (non-hydrogen) atoms. The molecule has 1 aliphatic heterocycles. The Bertz CT molecular complexity index is 559. The average Bonchev–Trinajstić information content (AvgIpc) is 3.07. The van der Waals surface area contributed by atoms with E-state index in [9.17, 15) is 27.6 Å². The number of carboxylic acid groups (broad SMARTS) is 1. The van der Waals surface area contributed by atoms with Gasteiger partial charge in [0.1, 0.15) is 0 Å². The number of nitrogens with two attached hydrogens (primary N) is 1. The monoisotopic (exact) mass is 365 g/mol. The van der Waals surface area contributed by atoms with Crippen molar-refractivity contribution >= 4 is 23.7 Å². The van der Waals surface area contributed by atoms with Crippen LogP contribution in [-0.4, -0.2) is 59.0 Å². The average molecular weight is 365 g/mol. The number of amides is 3. The highest BCUT2D eigenvalue weighted by Gasteiger charge is 2.38. The molecule has 1 aliphatic carbocycles. The number of imide groups is 1. The van der Waals surface area contributed by atoms with Crippen molar-refractivity contribution in [1.29, 1.82) is 0 Å². The molecule has 1 heterocycles. The van der Waals surface area contributed by atoms with Gasteiger partial charge in [-0.1, -0.05) is 0 Å². The van der Waals surface area contributed by atoms with Gasteiger partial charge in [-0.05, 0) is 19.3 Å². The van der Waals surface area contributed by atoms with E-state index in [1.54, 1.807) is 0 Å². The van der Waals surface area contributed by atoms with E-state index in [1.165, 1.54) is 12.2 Å². The number of carboxylic acids is 1. The van der Waals surface area contributed by atoms with E-state index in [0.29, 0.717) is 6.54 Å². The zero-order valence-corrected chi connectivity index (χ0v) is 13.1. The second-order valence-corrected chi connectivity index (χ2v) is 5.53. The highest BCUT2D eigenvalue weighted by molar-refractivity contribution is 6.12.